The van der Waals surface area contributed by atoms with Crippen molar-refractivity contribution in [1.82, 2.24) is 15.2 Å². The van der Waals surface area contributed by atoms with Crippen LogP contribution in [-0.4, -0.2) is 42.9 Å². The zero-order valence-corrected chi connectivity index (χ0v) is 17.9. The molecule has 0 aliphatic rings. The second-order valence-corrected chi connectivity index (χ2v) is 7.52. The van der Waals surface area contributed by atoms with E-state index in [-0.39, 0.29) is 34.9 Å². The first-order chi connectivity index (χ1) is 15.1. The summed E-state index contributed by atoms with van der Waals surface area (Å²) in [6.07, 6.45) is -4.64. The molecule has 1 aromatic heterocycles. The number of nitrogens with two attached hydrogens (primary N) is 1. The van der Waals surface area contributed by atoms with E-state index >= 15 is 0 Å². The predicted octanol–water partition coefficient (Wildman–Crippen LogP) is 3.50. The van der Waals surface area contributed by atoms with Crippen molar-refractivity contribution in [2.24, 2.45) is 10.7 Å². The molecule has 32 heavy (non-hydrogen) atoms. The third kappa shape index (κ3) is 5.58. The molecule has 0 saturated carbocycles. The standard InChI is InChI=1S/C22H24F3N5O2/c1-27-21(26)29-20(31)19-10-16-17(22(23,24)25)8-15(9-18(16)28-19)32-12-14-6-4-5-13(7-14)11-30(2)3/h4-10,28H,11-12H2,1-3H3,(H3,26,27,29,31). The van der Waals surface area contributed by atoms with Gasteiger partial charge in [0.1, 0.15) is 18.1 Å². The third-order valence-electron chi connectivity index (χ3n) is 4.64. The number of aromatic amines is 1. The summed E-state index contributed by atoms with van der Waals surface area (Å²) in [5.41, 5.74) is 6.50. The Morgan fingerprint density at radius 1 is 1.19 bits per heavy atom. The minimum Gasteiger partial charge on any atom is -0.489 e. The minimum atomic E-state index is -4.64. The van der Waals surface area contributed by atoms with Crippen LogP contribution in [0.25, 0.3) is 10.9 Å². The summed E-state index contributed by atoms with van der Waals surface area (Å²) in [5.74, 6) is -0.811. The van der Waals surface area contributed by atoms with Crippen LogP contribution in [0.15, 0.2) is 47.5 Å². The van der Waals surface area contributed by atoms with Crippen molar-refractivity contribution in [1.29, 1.82) is 0 Å². The first-order valence-electron chi connectivity index (χ1n) is 9.69. The molecule has 1 heterocycles. The molecule has 170 valence electrons. The SMILES string of the molecule is CN=C(N)NC(=O)c1cc2c(C(F)(F)F)cc(OCc3cccc(CN(C)C)c3)cc2[nH]1. The Hall–Kier alpha value is -3.53. The van der Waals surface area contributed by atoms with E-state index in [1.54, 1.807) is 0 Å². The van der Waals surface area contributed by atoms with Crippen LogP contribution < -0.4 is 15.8 Å². The van der Waals surface area contributed by atoms with Crippen molar-refractivity contribution in [3.05, 3.63) is 64.8 Å². The Labute approximate surface area is 183 Å². The molecular formula is C22H24F3N5O2. The Morgan fingerprint density at radius 2 is 1.91 bits per heavy atom. The number of carbonyl (C=O) groups excluding carboxylic acids is 1. The van der Waals surface area contributed by atoms with Gasteiger partial charge in [0.05, 0.1) is 11.1 Å². The third-order valence-corrected chi connectivity index (χ3v) is 4.64. The average Bonchev–Trinajstić information content (AvgIpc) is 3.14. The highest BCUT2D eigenvalue weighted by molar-refractivity contribution is 6.06. The summed E-state index contributed by atoms with van der Waals surface area (Å²) in [6.45, 7) is 0.834. The molecule has 0 saturated heterocycles. The molecule has 10 heteroatoms. The predicted molar refractivity (Wildman–Crippen MR) is 116 cm³/mol. The number of guanidine groups is 1. The van der Waals surface area contributed by atoms with Crippen LogP contribution in [0.1, 0.15) is 27.2 Å². The topological polar surface area (TPSA) is 95.7 Å². The van der Waals surface area contributed by atoms with Crippen LogP contribution in [0.3, 0.4) is 0 Å². The lowest BCUT2D eigenvalue weighted by Crippen LogP contribution is -2.36. The molecule has 7 nitrogen and oxygen atoms in total. The molecule has 0 radical (unpaired) electrons. The highest BCUT2D eigenvalue weighted by atomic mass is 19.4. The molecule has 1 amide bonds. The molecule has 0 unspecified atom stereocenters. The molecular weight excluding hydrogens is 423 g/mol. The molecule has 0 bridgehead atoms. The number of nitrogens with one attached hydrogen (secondary N) is 2. The molecule has 0 aliphatic carbocycles. The van der Waals surface area contributed by atoms with Crippen LogP contribution in [0, 0.1) is 0 Å². The summed E-state index contributed by atoms with van der Waals surface area (Å²) in [5, 5.41) is 2.14. The fraction of sp³-hybridized carbons (Fsp3) is 0.273. The maximum Gasteiger partial charge on any atom is 0.417 e. The van der Waals surface area contributed by atoms with Gasteiger partial charge in [-0.2, -0.15) is 13.2 Å². The Morgan fingerprint density at radius 3 is 2.56 bits per heavy atom. The lowest BCUT2D eigenvalue weighted by atomic mass is 10.1. The van der Waals surface area contributed by atoms with Gasteiger partial charge in [-0.1, -0.05) is 24.3 Å². The first-order valence-corrected chi connectivity index (χ1v) is 9.69. The number of rotatable bonds is 6. The van der Waals surface area contributed by atoms with Crippen molar-refractivity contribution >= 4 is 22.8 Å². The second-order valence-electron chi connectivity index (χ2n) is 7.52. The summed E-state index contributed by atoms with van der Waals surface area (Å²) in [4.78, 5) is 20.5. The summed E-state index contributed by atoms with van der Waals surface area (Å²) in [7, 11) is 5.28. The zero-order chi connectivity index (χ0) is 23.5. The van der Waals surface area contributed by atoms with Crippen molar-refractivity contribution in [3.63, 3.8) is 0 Å². The quantitative estimate of drug-likeness (QED) is 0.398. The van der Waals surface area contributed by atoms with E-state index in [1.807, 2.05) is 43.3 Å². The molecule has 0 spiro atoms. The fourth-order valence-corrected chi connectivity index (χ4v) is 3.24. The molecule has 3 aromatic rings. The van der Waals surface area contributed by atoms with Gasteiger partial charge in [0.2, 0.25) is 0 Å². The van der Waals surface area contributed by atoms with Crippen LogP contribution in [-0.2, 0) is 19.3 Å². The average molecular weight is 447 g/mol. The van der Waals surface area contributed by atoms with Gasteiger partial charge in [-0.15, -0.1) is 0 Å². The van der Waals surface area contributed by atoms with Gasteiger partial charge in [0.15, 0.2) is 5.96 Å². The number of hydrogen-bond acceptors (Lipinski definition) is 4. The fourth-order valence-electron chi connectivity index (χ4n) is 3.24. The molecule has 0 fully saturated rings. The largest absolute Gasteiger partial charge is 0.489 e. The molecule has 3 rings (SSSR count). The highest BCUT2D eigenvalue weighted by Crippen LogP contribution is 2.38. The van der Waals surface area contributed by atoms with Crippen molar-refractivity contribution < 1.29 is 22.7 Å². The van der Waals surface area contributed by atoms with Crippen LogP contribution in [0.4, 0.5) is 13.2 Å². The second kappa shape index (κ2) is 9.31. The number of fused-ring (bicyclic) bond motifs is 1. The minimum absolute atomic E-state index is 0.0336. The molecule has 0 aliphatic heterocycles. The maximum atomic E-state index is 13.7. The number of H-pyrrole nitrogens is 1. The number of aliphatic imine (C=N–C) groups is 1. The van der Waals surface area contributed by atoms with Gasteiger partial charge in [-0.25, -0.2) is 0 Å². The number of benzene rings is 2. The number of alkyl halides is 3. The lowest BCUT2D eigenvalue weighted by Gasteiger charge is -2.13. The lowest BCUT2D eigenvalue weighted by molar-refractivity contribution is -0.136. The van der Waals surface area contributed by atoms with Gasteiger partial charge in [0.25, 0.3) is 5.91 Å². The Balaban J connectivity index is 1.90. The highest BCUT2D eigenvalue weighted by Gasteiger charge is 2.34. The molecule has 4 N–H and O–H groups in total. The van der Waals surface area contributed by atoms with E-state index in [0.717, 1.165) is 29.8 Å². The zero-order valence-electron chi connectivity index (χ0n) is 17.9. The van der Waals surface area contributed by atoms with Gasteiger partial charge >= 0.3 is 6.18 Å². The normalized spacial score (nSPS) is 12.4. The van der Waals surface area contributed by atoms with E-state index in [0.29, 0.717) is 0 Å². The number of hydrogen-bond donors (Lipinski definition) is 3. The van der Waals surface area contributed by atoms with E-state index in [9.17, 15) is 18.0 Å². The Kier molecular flexibility index (Phi) is 6.73. The number of ether oxygens (including phenoxy) is 1. The van der Waals surface area contributed by atoms with Crippen LogP contribution in [0.2, 0.25) is 0 Å². The number of aromatic nitrogens is 1. The van der Waals surface area contributed by atoms with Gasteiger partial charge in [-0.05, 0) is 37.4 Å². The van der Waals surface area contributed by atoms with E-state index < -0.39 is 17.6 Å². The maximum absolute atomic E-state index is 13.7. The molecule has 0 atom stereocenters. The monoisotopic (exact) mass is 447 g/mol. The van der Waals surface area contributed by atoms with Gasteiger partial charge in [-0.3, -0.25) is 15.1 Å². The number of halogens is 3. The van der Waals surface area contributed by atoms with E-state index in [2.05, 4.69) is 15.3 Å². The van der Waals surface area contributed by atoms with E-state index in [4.69, 9.17) is 10.5 Å². The Bertz CT molecular complexity index is 1150. The van der Waals surface area contributed by atoms with Crippen LogP contribution in [0.5, 0.6) is 5.75 Å². The van der Waals surface area contributed by atoms with Crippen molar-refractivity contribution in [3.8, 4) is 5.75 Å². The molecule has 2 aromatic carbocycles. The van der Waals surface area contributed by atoms with Crippen molar-refractivity contribution in [2.75, 3.05) is 21.1 Å². The number of nitrogens with zero attached hydrogens (tertiary/aromatic N) is 2. The van der Waals surface area contributed by atoms with Gasteiger partial charge in [0, 0.05) is 25.0 Å². The summed E-state index contributed by atoms with van der Waals surface area (Å²) >= 11 is 0. The van der Waals surface area contributed by atoms with Crippen molar-refractivity contribution in [2.45, 2.75) is 19.3 Å². The summed E-state index contributed by atoms with van der Waals surface area (Å²) < 4.78 is 46.8. The summed E-state index contributed by atoms with van der Waals surface area (Å²) in [6, 6.07) is 11.1. The first kappa shape index (κ1) is 23.1. The number of amides is 1. The van der Waals surface area contributed by atoms with Crippen LogP contribution >= 0.6 is 0 Å². The smallest absolute Gasteiger partial charge is 0.417 e. The number of carbonyl (C=O) groups is 1. The van der Waals surface area contributed by atoms with Gasteiger partial charge < -0.3 is 20.4 Å². The van der Waals surface area contributed by atoms with E-state index in [1.165, 1.54) is 13.1 Å².